The van der Waals surface area contributed by atoms with E-state index in [1.54, 1.807) is 12.3 Å². The Bertz CT molecular complexity index is 1140. The first kappa shape index (κ1) is 20.3. The fourth-order valence-corrected chi connectivity index (χ4v) is 3.85. The predicted octanol–water partition coefficient (Wildman–Crippen LogP) is 4.90. The molecule has 6 nitrogen and oxygen atoms in total. The van der Waals surface area contributed by atoms with E-state index in [0.29, 0.717) is 28.3 Å². The first-order valence-electron chi connectivity index (χ1n) is 9.30. The number of thioether (sulfide) groups is 1. The van der Waals surface area contributed by atoms with Crippen LogP contribution in [0.15, 0.2) is 76.5 Å². The molecule has 0 aliphatic carbocycles. The molecule has 0 fully saturated rings. The third kappa shape index (κ3) is 4.75. The third-order valence-corrected chi connectivity index (χ3v) is 5.55. The lowest BCUT2D eigenvalue weighted by Crippen LogP contribution is -2.24. The van der Waals surface area contributed by atoms with Gasteiger partial charge in [0.2, 0.25) is 5.91 Å². The zero-order chi connectivity index (χ0) is 20.9. The number of nitrogens with zero attached hydrogens (tertiary/aromatic N) is 3. The van der Waals surface area contributed by atoms with Crippen LogP contribution in [-0.2, 0) is 11.3 Å². The molecule has 2 aromatic carbocycles. The molecule has 8 heteroatoms. The second kappa shape index (κ2) is 9.19. The summed E-state index contributed by atoms with van der Waals surface area (Å²) in [6.45, 7) is 2.39. The quantitative estimate of drug-likeness (QED) is 0.415. The number of furan rings is 1. The maximum atomic E-state index is 12.3. The van der Waals surface area contributed by atoms with E-state index >= 15 is 0 Å². The van der Waals surface area contributed by atoms with Gasteiger partial charge in [0.05, 0.1) is 18.6 Å². The van der Waals surface area contributed by atoms with Crippen molar-refractivity contribution < 1.29 is 9.21 Å². The largest absolute Gasteiger partial charge is 0.467 e. The van der Waals surface area contributed by atoms with E-state index in [-0.39, 0.29) is 11.7 Å². The second-order valence-corrected chi connectivity index (χ2v) is 8.01. The Morgan fingerprint density at radius 3 is 2.70 bits per heavy atom. The Kier molecular flexibility index (Phi) is 6.21. The van der Waals surface area contributed by atoms with Gasteiger partial charge in [-0.15, -0.1) is 10.2 Å². The van der Waals surface area contributed by atoms with Gasteiger partial charge in [-0.2, -0.15) is 0 Å². The first-order valence-corrected chi connectivity index (χ1v) is 10.7. The molecule has 152 valence electrons. The average molecular weight is 439 g/mol. The van der Waals surface area contributed by atoms with Crippen molar-refractivity contribution in [2.24, 2.45) is 0 Å². The van der Waals surface area contributed by atoms with Gasteiger partial charge in [-0.05, 0) is 49.4 Å². The van der Waals surface area contributed by atoms with E-state index < -0.39 is 0 Å². The molecular weight excluding hydrogens is 420 g/mol. The smallest absolute Gasteiger partial charge is 0.230 e. The number of benzene rings is 2. The lowest BCUT2D eigenvalue weighted by Gasteiger charge is -2.11. The van der Waals surface area contributed by atoms with Crippen LogP contribution >= 0.6 is 23.4 Å². The van der Waals surface area contributed by atoms with Crippen molar-refractivity contribution in [3.8, 4) is 17.1 Å². The molecule has 4 rings (SSSR count). The number of hydrogen-bond donors (Lipinski definition) is 1. The number of hydrogen-bond acceptors (Lipinski definition) is 5. The van der Waals surface area contributed by atoms with Crippen molar-refractivity contribution in [3.63, 3.8) is 0 Å². The van der Waals surface area contributed by atoms with Crippen LogP contribution in [0.5, 0.6) is 0 Å². The minimum absolute atomic E-state index is 0.112. The van der Waals surface area contributed by atoms with E-state index in [2.05, 4.69) is 21.6 Å². The molecule has 0 radical (unpaired) electrons. The normalized spacial score (nSPS) is 10.9. The van der Waals surface area contributed by atoms with Crippen LogP contribution in [0.3, 0.4) is 0 Å². The van der Waals surface area contributed by atoms with Gasteiger partial charge >= 0.3 is 0 Å². The molecule has 1 amide bonds. The third-order valence-electron chi connectivity index (χ3n) is 4.37. The molecule has 0 saturated heterocycles. The molecule has 4 aromatic rings. The van der Waals surface area contributed by atoms with Gasteiger partial charge in [0, 0.05) is 16.3 Å². The van der Waals surface area contributed by atoms with Crippen LogP contribution < -0.4 is 5.32 Å². The van der Waals surface area contributed by atoms with Crippen molar-refractivity contribution in [1.82, 2.24) is 20.1 Å². The summed E-state index contributed by atoms with van der Waals surface area (Å²) in [7, 11) is 0. The topological polar surface area (TPSA) is 73.0 Å². The van der Waals surface area contributed by atoms with Gasteiger partial charge in [-0.3, -0.25) is 9.36 Å². The van der Waals surface area contributed by atoms with Crippen molar-refractivity contribution >= 4 is 29.3 Å². The van der Waals surface area contributed by atoms with Crippen LogP contribution in [0.4, 0.5) is 0 Å². The summed E-state index contributed by atoms with van der Waals surface area (Å²) in [5.41, 5.74) is 2.95. The second-order valence-electron chi connectivity index (χ2n) is 6.63. The van der Waals surface area contributed by atoms with Crippen molar-refractivity contribution in [1.29, 1.82) is 0 Å². The zero-order valence-electron chi connectivity index (χ0n) is 16.2. The van der Waals surface area contributed by atoms with Crippen molar-refractivity contribution in [2.75, 3.05) is 5.75 Å². The predicted molar refractivity (Wildman–Crippen MR) is 118 cm³/mol. The van der Waals surface area contributed by atoms with Crippen LogP contribution in [0.2, 0.25) is 5.02 Å². The van der Waals surface area contributed by atoms with E-state index in [9.17, 15) is 4.79 Å². The maximum Gasteiger partial charge on any atom is 0.230 e. The highest BCUT2D eigenvalue weighted by atomic mass is 35.5. The number of nitrogens with one attached hydrogen (secondary N) is 1. The highest BCUT2D eigenvalue weighted by Gasteiger charge is 2.17. The molecule has 0 saturated carbocycles. The Labute approximate surface area is 183 Å². The minimum Gasteiger partial charge on any atom is -0.467 e. The summed E-state index contributed by atoms with van der Waals surface area (Å²) in [5, 5.41) is 12.9. The molecule has 0 spiro atoms. The molecular formula is C22H19ClN4O2S. The van der Waals surface area contributed by atoms with Gasteiger partial charge in [0.25, 0.3) is 0 Å². The molecule has 0 aliphatic rings. The summed E-state index contributed by atoms with van der Waals surface area (Å²) < 4.78 is 7.18. The molecule has 0 atom stereocenters. The Balaban J connectivity index is 1.58. The number of rotatable bonds is 7. The Hall–Kier alpha value is -3.03. The summed E-state index contributed by atoms with van der Waals surface area (Å²) in [6, 6.07) is 19.1. The van der Waals surface area contributed by atoms with E-state index in [4.69, 9.17) is 16.0 Å². The molecule has 30 heavy (non-hydrogen) atoms. The van der Waals surface area contributed by atoms with Gasteiger partial charge in [-0.1, -0.05) is 47.1 Å². The molecule has 0 aliphatic heterocycles. The first-order chi connectivity index (χ1) is 14.6. The average Bonchev–Trinajstić information content (AvgIpc) is 3.41. The zero-order valence-corrected chi connectivity index (χ0v) is 17.8. The van der Waals surface area contributed by atoms with Crippen LogP contribution in [0.25, 0.3) is 17.1 Å². The van der Waals surface area contributed by atoms with Gasteiger partial charge < -0.3 is 9.73 Å². The summed E-state index contributed by atoms with van der Waals surface area (Å²) in [4.78, 5) is 12.3. The van der Waals surface area contributed by atoms with E-state index in [0.717, 1.165) is 16.8 Å². The maximum absolute atomic E-state index is 12.3. The summed E-state index contributed by atoms with van der Waals surface area (Å²) in [5.74, 6) is 1.51. The van der Waals surface area contributed by atoms with Crippen LogP contribution in [0, 0.1) is 6.92 Å². The van der Waals surface area contributed by atoms with Gasteiger partial charge in [0.1, 0.15) is 5.76 Å². The lowest BCUT2D eigenvalue weighted by molar-refractivity contribution is -0.118. The molecule has 0 bridgehead atoms. The minimum atomic E-state index is -0.112. The standard InChI is InChI=1S/C22H19ClN4O2S/c1-15-4-2-5-16(12-15)21-25-26-22(27(21)18-9-7-17(23)8-10-18)30-14-20(28)24-13-19-6-3-11-29-19/h2-12H,13-14H2,1H3,(H,24,28). The van der Waals surface area contributed by atoms with Crippen LogP contribution in [0.1, 0.15) is 11.3 Å². The van der Waals surface area contributed by atoms with E-state index in [1.165, 1.54) is 11.8 Å². The van der Waals surface area contributed by atoms with E-state index in [1.807, 2.05) is 60.0 Å². The number of halogens is 1. The van der Waals surface area contributed by atoms with Crippen LogP contribution in [-0.4, -0.2) is 26.4 Å². The fourth-order valence-electron chi connectivity index (χ4n) is 2.94. The molecule has 0 unspecified atom stereocenters. The van der Waals surface area contributed by atoms with Crippen molar-refractivity contribution in [3.05, 3.63) is 83.3 Å². The number of aromatic nitrogens is 3. The van der Waals surface area contributed by atoms with Gasteiger partial charge in [-0.25, -0.2) is 0 Å². The number of carbonyl (C=O) groups excluding carboxylic acids is 1. The molecule has 1 N–H and O–H groups in total. The Morgan fingerprint density at radius 1 is 1.13 bits per heavy atom. The molecule has 2 aromatic heterocycles. The molecule has 2 heterocycles. The lowest BCUT2D eigenvalue weighted by atomic mass is 10.1. The number of aryl methyl sites for hydroxylation is 1. The summed E-state index contributed by atoms with van der Waals surface area (Å²) >= 11 is 7.39. The monoisotopic (exact) mass is 438 g/mol. The highest BCUT2D eigenvalue weighted by molar-refractivity contribution is 7.99. The summed E-state index contributed by atoms with van der Waals surface area (Å²) in [6.07, 6.45) is 1.58. The van der Waals surface area contributed by atoms with Crippen molar-refractivity contribution in [2.45, 2.75) is 18.6 Å². The SMILES string of the molecule is Cc1cccc(-c2nnc(SCC(=O)NCc3ccco3)n2-c2ccc(Cl)cc2)c1. The fraction of sp³-hybridized carbons (Fsp3) is 0.136. The highest BCUT2D eigenvalue weighted by Crippen LogP contribution is 2.29. The number of amides is 1. The Morgan fingerprint density at radius 2 is 1.97 bits per heavy atom. The van der Waals surface area contributed by atoms with Gasteiger partial charge in [0.15, 0.2) is 11.0 Å². The number of carbonyl (C=O) groups is 1.